The van der Waals surface area contributed by atoms with Crippen molar-refractivity contribution in [3.8, 4) is 5.75 Å². The van der Waals surface area contributed by atoms with Crippen molar-refractivity contribution >= 4 is 9.84 Å². The quantitative estimate of drug-likeness (QED) is 0.906. The van der Waals surface area contributed by atoms with Gasteiger partial charge in [-0.25, -0.2) is 8.42 Å². The standard InChI is InChI=1S/C15H23NO3S/c1-3-19-15-7-5-4-6-14(15)12(2)16-13-8-10-20(17,18)11-9-13/h4-7,12-13,16H,3,8-11H2,1-2H3. The molecule has 5 heteroatoms. The highest BCUT2D eigenvalue weighted by molar-refractivity contribution is 7.91. The van der Waals surface area contributed by atoms with Crippen molar-refractivity contribution in [3.05, 3.63) is 29.8 Å². The van der Waals surface area contributed by atoms with E-state index < -0.39 is 9.84 Å². The Hall–Kier alpha value is -1.07. The lowest BCUT2D eigenvalue weighted by molar-refractivity contribution is 0.328. The van der Waals surface area contributed by atoms with E-state index in [1.54, 1.807) is 0 Å². The molecule has 1 aliphatic rings. The molecular weight excluding hydrogens is 274 g/mol. The van der Waals surface area contributed by atoms with Crippen LogP contribution in [0.2, 0.25) is 0 Å². The first-order chi connectivity index (χ1) is 9.52. The molecule has 1 saturated heterocycles. The largest absolute Gasteiger partial charge is 0.494 e. The molecule has 1 heterocycles. The molecule has 20 heavy (non-hydrogen) atoms. The van der Waals surface area contributed by atoms with E-state index in [0.717, 1.165) is 11.3 Å². The minimum absolute atomic E-state index is 0.156. The number of hydrogen-bond acceptors (Lipinski definition) is 4. The van der Waals surface area contributed by atoms with Crippen molar-refractivity contribution in [1.82, 2.24) is 5.32 Å². The van der Waals surface area contributed by atoms with Crippen molar-refractivity contribution in [2.24, 2.45) is 0 Å². The van der Waals surface area contributed by atoms with Crippen LogP contribution in [0.15, 0.2) is 24.3 Å². The number of rotatable bonds is 5. The molecule has 1 fully saturated rings. The van der Waals surface area contributed by atoms with Crippen LogP contribution < -0.4 is 10.1 Å². The van der Waals surface area contributed by atoms with Gasteiger partial charge in [0.05, 0.1) is 18.1 Å². The van der Waals surface area contributed by atoms with E-state index in [9.17, 15) is 8.42 Å². The van der Waals surface area contributed by atoms with E-state index in [-0.39, 0.29) is 12.1 Å². The highest BCUT2D eigenvalue weighted by Gasteiger charge is 2.25. The molecular formula is C15H23NO3S. The lowest BCUT2D eigenvalue weighted by Crippen LogP contribution is -2.38. The molecule has 1 aliphatic heterocycles. The summed E-state index contributed by atoms with van der Waals surface area (Å²) in [5.41, 5.74) is 1.13. The fourth-order valence-corrected chi connectivity index (χ4v) is 4.12. The molecule has 1 N–H and O–H groups in total. The Labute approximate surface area is 121 Å². The molecule has 0 aromatic heterocycles. The summed E-state index contributed by atoms with van der Waals surface area (Å²) in [4.78, 5) is 0. The highest BCUT2D eigenvalue weighted by Crippen LogP contribution is 2.26. The summed E-state index contributed by atoms with van der Waals surface area (Å²) >= 11 is 0. The number of sulfone groups is 1. The number of hydrogen-bond donors (Lipinski definition) is 1. The van der Waals surface area contributed by atoms with Gasteiger partial charge in [0.25, 0.3) is 0 Å². The summed E-state index contributed by atoms with van der Waals surface area (Å²) in [5, 5.41) is 3.53. The first-order valence-corrected chi connectivity index (χ1v) is 9.02. The molecule has 112 valence electrons. The monoisotopic (exact) mass is 297 g/mol. The Morgan fingerprint density at radius 1 is 1.30 bits per heavy atom. The SMILES string of the molecule is CCOc1ccccc1C(C)NC1CCS(=O)(=O)CC1. The average Bonchev–Trinajstić information content (AvgIpc) is 2.42. The van der Waals surface area contributed by atoms with Crippen molar-refractivity contribution < 1.29 is 13.2 Å². The van der Waals surface area contributed by atoms with Crippen LogP contribution in [0, 0.1) is 0 Å². The van der Waals surface area contributed by atoms with Gasteiger partial charge in [-0.15, -0.1) is 0 Å². The van der Waals surface area contributed by atoms with Crippen LogP contribution in [0.4, 0.5) is 0 Å². The van der Waals surface area contributed by atoms with Crippen LogP contribution in [-0.2, 0) is 9.84 Å². The van der Waals surface area contributed by atoms with Gasteiger partial charge in [0.2, 0.25) is 0 Å². The Morgan fingerprint density at radius 2 is 1.95 bits per heavy atom. The summed E-state index contributed by atoms with van der Waals surface area (Å²) in [6.07, 6.45) is 1.40. The number of ether oxygens (including phenoxy) is 1. The molecule has 4 nitrogen and oxygen atoms in total. The first-order valence-electron chi connectivity index (χ1n) is 7.20. The van der Waals surface area contributed by atoms with Gasteiger partial charge < -0.3 is 10.1 Å². The van der Waals surface area contributed by atoms with Gasteiger partial charge in [0.1, 0.15) is 15.6 Å². The Balaban J connectivity index is 2.00. The topological polar surface area (TPSA) is 55.4 Å². The summed E-state index contributed by atoms with van der Waals surface area (Å²) in [7, 11) is -2.80. The molecule has 0 radical (unpaired) electrons. The average molecular weight is 297 g/mol. The third-order valence-electron chi connectivity index (χ3n) is 3.73. The molecule has 1 aromatic rings. The smallest absolute Gasteiger partial charge is 0.150 e. The van der Waals surface area contributed by atoms with E-state index in [0.29, 0.717) is 31.0 Å². The summed E-state index contributed by atoms with van der Waals surface area (Å²) in [6, 6.07) is 8.42. The van der Waals surface area contributed by atoms with Crippen LogP contribution >= 0.6 is 0 Å². The highest BCUT2D eigenvalue weighted by atomic mass is 32.2. The summed E-state index contributed by atoms with van der Waals surface area (Å²) in [5.74, 6) is 1.49. The minimum atomic E-state index is -2.80. The second kappa shape index (κ2) is 6.59. The van der Waals surface area contributed by atoms with E-state index in [1.165, 1.54) is 0 Å². The van der Waals surface area contributed by atoms with Crippen LogP contribution in [-0.4, -0.2) is 32.6 Å². The van der Waals surface area contributed by atoms with Crippen molar-refractivity contribution in [1.29, 1.82) is 0 Å². The molecule has 1 aromatic carbocycles. The maximum atomic E-state index is 11.4. The van der Waals surface area contributed by atoms with Crippen molar-refractivity contribution in [3.63, 3.8) is 0 Å². The first kappa shape index (κ1) is 15.3. The second-order valence-corrected chi connectivity index (χ2v) is 7.59. The zero-order valence-electron chi connectivity index (χ0n) is 12.1. The molecule has 0 saturated carbocycles. The molecule has 0 aliphatic carbocycles. The van der Waals surface area contributed by atoms with Gasteiger partial charge in [-0.3, -0.25) is 0 Å². The number of benzene rings is 1. The molecule has 0 amide bonds. The van der Waals surface area contributed by atoms with E-state index >= 15 is 0 Å². The third kappa shape index (κ3) is 3.96. The fraction of sp³-hybridized carbons (Fsp3) is 0.600. The summed E-state index contributed by atoms with van der Waals surface area (Å²) in [6.45, 7) is 4.72. The fourth-order valence-electron chi connectivity index (χ4n) is 2.63. The molecule has 1 atom stereocenters. The van der Waals surface area contributed by atoms with Crippen molar-refractivity contribution in [2.75, 3.05) is 18.1 Å². The van der Waals surface area contributed by atoms with Crippen LogP contribution in [0.25, 0.3) is 0 Å². The Bertz CT molecular complexity index is 528. The third-order valence-corrected chi connectivity index (χ3v) is 5.44. The predicted octanol–water partition coefficient (Wildman–Crippen LogP) is 2.31. The Kier molecular flexibility index (Phi) is 5.05. The van der Waals surface area contributed by atoms with Crippen molar-refractivity contribution in [2.45, 2.75) is 38.8 Å². The van der Waals surface area contributed by atoms with Crippen LogP contribution in [0.1, 0.15) is 38.3 Å². The predicted molar refractivity (Wildman–Crippen MR) is 80.8 cm³/mol. The lowest BCUT2D eigenvalue weighted by atomic mass is 10.0. The maximum absolute atomic E-state index is 11.4. The van der Waals surface area contributed by atoms with Gasteiger partial charge in [-0.1, -0.05) is 18.2 Å². The van der Waals surface area contributed by atoms with E-state index in [2.05, 4.69) is 18.3 Å². The Morgan fingerprint density at radius 3 is 2.60 bits per heavy atom. The molecule has 0 spiro atoms. The maximum Gasteiger partial charge on any atom is 0.150 e. The lowest BCUT2D eigenvalue weighted by Gasteiger charge is -2.27. The molecule has 2 rings (SSSR count). The van der Waals surface area contributed by atoms with Crippen LogP contribution in [0.5, 0.6) is 5.75 Å². The normalized spacial score (nSPS) is 20.5. The van der Waals surface area contributed by atoms with Gasteiger partial charge in [-0.2, -0.15) is 0 Å². The zero-order chi connectivity index (χ0) is 14.6. The molecule has 1 unspecified atom stereocenters. The second-order valence-electron chi connectivity index (χ2n) is 5.29. The number of para-hydroxylation sites is 1. The zero-order valence-corrected chi connectivity index (χ0v) is 12.9. The van der Waals surface area contributed by atoms with Gasteiger partial charge in [-0.05, 0) is 32.8 Å². The summed E-state index contributed by atoms with van der Waals surface area (Å²) < 4.78 is 28.5. The number of nitrogens with one attached hydrogen (secondary N) is 1. The van der Waals surface area contributed by atoms with Gasteiger partial charge in [0.15, 0.2) is 0 Å². The van der Waals surface area contributed by atoms with Gasteiger partial charge in [0, 0.05) is 17.6 Å². The van der Waals surface area contributed by atoms with Crippen LogP contribution in [0.3, 0.4) is 0 Å². The van der Waals surface area contributed by atoms with Gasteiger partial charge >= 0.3 is 0 Å². The minimum Gasteiger partial charge on any atom is -0.494 e. The van der Waals surface area contributed by atoms with E-state index in [4.69, 9.17) is 4.74 Å². The molecule has 0 bridgehead atoms. The van der Waals surface area contributed by atoms with E-state index in [1.807, 2.05) is 25.1 Å².